The van der Waals surface area contributed by atoms with Gasteiger partial charge in [-0.1, -0.05) is 18.2 Å². The largest absolute Gasteiger partial charge is 0.494 e. The number of amides is 3. The molecule has 0 radical (unpaired) electrons. The van der Waals surface area contributed by atoms with Crippen molar-refractivity contribution in [1.29, 1.82) is 0 Å². The van der Waals surface area contributed by atoms with Crippen LogP contribution in [-0.2, 0) is 23.2 Å². The number of carbonyl (C=O) groups excluding carboxylic acids is 3. The number of benzene rings is 3. The van der Waals surface area contributed by atoms with Gasteiger partial charge in [0, 0.05) is 11.3 Å². The van der Waals surface area contributed by atoms with E-state index in [1.54, 1.807) is 84.7 Å². The summed E-state index contributed by atoms with van der Waals surface area (Å²) in [5.74, 6) is 0.277. The standard InChI is InChI=1S/C32H32N6O6S/c1-4-42-24-15-11-22(12-16-24)33-28(39)19-26-31(41)38(23-13-17-25(18-14-23)43-5-2)32(45)37(26)20-27-30(44-35-36(27)3)34-29(40)21-9-7-6-8-10-21/h6-18,26H,4-5,19-20H2,1-3H3,(H-,33,34,35,39,40)/p+1. The number of thiocarbonyl (C=S) groups is 1. The average molecular weight is 630 g/mol. The lowest BCUT2D eigenvalue weighted by Crippen LogP contribution is -2.43. The number of aromatic nitrogens is 2. The molecule has 1 unspecified atom stereocenters. The molecule has 3 amide bonds. The van der Waals surface area contributed by atoms with E-state index in [0.29, 0.717) is 47.3 Å². The fraction of sp³-hybridized carbons (Fsp3) is 0.250. The number of ether oxygens (including phenoxy) is 2. The fourth-order valence-electron chi connectivity index (χ4n) is 4.84. The Hall–Kier alpha value is -5.30. The number of carbonyl (C=O) groups is 3. The summed E-state index contributed by atoms with van der Waals surface area (Å²) >= 11 is 5.83. The molecule has 12 nitrogen and oxygen atoms in total. The molecule has 13 heteroatoms. The normalized spacial score (nSPS) is 14.4. The molecule has 2 heterocycles. The Morgan fingerprint density at radius 2 is 1.56 bits per heavy atom. The van der Waals surface area contributed by atoms with Crippen LogP contribution in [0.25, 0.3) is 0 Å². The van der Waals surface area contributed by atoms with Crippen molar-refractivity contribution >= 4 is 52.3 Å². The molecule has 1 atom stereocenters. The molecule has 3 aromatic carbocycles. The van der Waals surface area contributed by atoms with Crippen LogP contribution in [-0.4, -0.2) is 52.3 Å². The second kappa shape index (κ2) is 14.0. The summed E-state index contributed by atoms with van der Waals surface area (Å²) < 4.78 is 17.9. The maximum atomic E-state index is 14.0. The van der Waals surface area contributed by atoms with Crippen molar-refractivity contribution in [2.45, 2.75) is 32.9 Å². The van der Waals surface area contributed by atoms with Crippen molar-refractivity contribution in [2.24, 2.45) is 7.05 Å². The van der Waals surface area contributed by atoms with Gasteiger partial charge in [-0.25, -0.2) is 0 Å². The van der Waals surface area contributed by atoms with E-state index in [1.165, 1.54) is 9.58 Å². The smallest absolute Gasteiger partial charge is 0.307 e. The van der Waals surface area contributed by atoms with E-state index in [-0.39, 0.29) is 35.8 Å². The van der Waals surface area contributed by atoms with Gasteiger partial charge in [-0.15, -0.1) is 0 Å². The van der Waals surface area contributed by atoms with E-state index in [2.05, 4.69) is 15.9 Å². The van der Waals surface area contributed by atoms with Crippen LogP contribution in [0.3, 0.4) is 0 Å². The molecule has 0 spiro atoms. The van der Waals surface area contributed by atoms with Crippen molar-refractivity contribution < 1.29 is 33.1 Å². The molecule has 232 valence electrons. The fourth-order valence-corrected chi connectivity index (χ4v) is 5.23. The van der Waals surface area contributed by atoms with Gasteiger partial charge in [0.25, 0.3) is 17.5 Å². The van der Waals surface area contributed by atoms with Gasteiger partial charge in [0.15, 0.2) is 12.2 Å². The SMILES string of the molecule is CCOc1ccc(NC(=O)CC2C(=O)N(c3ccc(OCC)cc3)C(=S)N2Cc2c(NC(=O)c3ccccc3)on[n+]2C)cc1. The monoisotopic (exact) mass is 629 g/mol. The molecule has 1 aliphatic rings. The lowest BCUT2D eigenvalue weighted by molar-refractivity contribution is -0.746. The molecule has 0 saturated carbocycles. The number of hydrogen-bond donors (Lipinski definition) is 2. The Morgan fingerprint density at radius 3 is 2.18 bits per heavy atom. The van der Waals surface area contributed by atoms with Crippen LogP contribution in [0.1, 0.15) is 36.3 Å². The van der Waals surface area contributed by atoms with Crippen LogP contribution in [0, 0.1) is 0 Å². The van der Waals surface area contributed by atoms with E-state index in [4.69, 9.17) is 26.2 Å². The Morgan fingerprint density at radius 1 is 0.933 bits per heavy atom. The average Bonchev–Trinajstić information content (AvgIpc) is 3.49. The molecule has 45 heavy (non-hydrogen) atoms. The van der Waals surface area contributed by atoms with E-state index >= 15 is 0 Å². The summed E-state index contributed by atoms with van der Waals surface area (Å²) in [4.78, 5) is 43.2. The van der Waals surface area contributed by atoms with Crippen molar-refractivity contribution in [1.82, 2.24) is 10.2 Å². The van der Waals surface area contributed by atoms with E-state index < -0.39 is 11.9 Å². The van der Waals surface area contributed by atoms with E-state index in [1.807, 2.05) is 19.9 Å². The van der Waals surface area contributed by atoms with Crippen LogP contribution in [0.5, 0.6) is 11.5 Å². The number of nitrogens with one attached hydrogen (secondary N) is 2. The van der Waals surface area contributed by atoms with Gasteiger partial charge in [-0.05, 0) is 91.4 Å². The maximum absolute atomic E-state index is 14.0. The number of rotatable bonds is 12. The minimum atomic E-state index is -0.959. The summed E-state index contributed by atoms with van der Waals surface area (Å²) in [5, 5.41) is 9.76. The van der Waals surface area contributed by atoms with Crippen LogP contribution in [0.4, 0.5) is 17.3 Å². The predicted octanol–water partition coefficient (Wildman–Crippen LogP) is 4.08. The highest BCUT2D eigenvalue weighted by Gasteiger charge is 2.46. The van der Waals surface area contributed by atoms with Gasteiger partial charge in [0.05, 0.1) is 25.3 Å². The van der Waals surface area contributed by atoms with Crippen molar-refractivity contribution in [3.8, 4) is 11.5 Å². The van der Waals surface area contributed by atoms with Gasteiger partial charge in [-0.2, -0.15) is 0 Å². The van der Waals surface area contributed by atoms with Crippen LogP contribution in [0.15, 0.2) is 83.4 Å². The van der Waals surface area contributed by atoms with Crippen LogP contribution in [0.2, 0.25) is 0 Å². The summed E-state index contributed by atoms with van der Waals surface area (Å²) in [7, 11) is 1.65. The minimum absolute atomic E-state index is 0.0174. The Balaban J connectivity index is 1.41. The summed E-state index contributed by atoms with van der Waals surface area (Å²) in [6.45, 7) is 4.82. The second-order valence-corrected chi connectivity index (χ2v) is 10.4. The van der Waals surface area contributed by atoms with Crippen molar-refractivity contribution in [3.05, 3.63) is 90.1 Å². The molecular weight excluding hydrogens is 596 g/mol. The highest BCUT2D eigenvalue weighted by Crippen LogP contribution is 2.31. The predicted molar refractivity (Wildman–Crippen MR) is 170 cm³/mol. The Kier molecular flexibility index (Phi) is 9.68. The molecular formula is C32H33N6O6S+. The zero-order valence-electron chi connectivity index (χ0n) is 25.1. The topological polar surface area (TPSA) is 130 Å². The number of hydrogen-bond acceptors (Lipinski definition) is 8. The maximum Gasteiger partial charge on any atom is 0.307 e. The molecule has 1 saturated heterocycles. The third kappa shape index (κ3) is 7.10. The van der Waals surface area contributed by atoms with Gasteiger partial charge in [-0.3, -0.25) is 29.1 Å². The summed E-state index contributed by atoms with van der Waals surface area (Å²) in [6, 6.07) is 21.7. The van der Waals surface area contributed by atoms with Gasteiger partial charge < -0.3 is 19.7 Å². The first kappa shape index (κ1) is 31.1. The third-order valence-electron chi connectivity index (χ3n) is 7.04. The Labute approximate surface area is 265 Å². The zero-order chi connectivity index (χ0) is 31.9. The number of aryl methyl sites for hydroxylation is 1. The van der Waals surface area contributed by atoms with Crippen molar-refractivity contribution in [3.63, 3.8) is 0 Å². The zero-order valence-corrected chi connectivity index (χ0v) is 25.9. The summed E-state index contributed by atoms with van der Waals surface area (Å²) in [6.07, 6.45) is -0.194. The van der Waals surface area contributed by atoms with E-state index in [0.717, 1.165) is 0 Å². The van der Waals surface area contributed by atoms with E-state index in [9.17, 15) is 14.4 Å². The van der Waals surface area contributed by atoms with Crippen LogP contribution >= 0.6 is 12.2 Å². The lowest BCUT2D eigenvalue weighted by atomic mass is 10.1. The first-order valence-corrected chi connectivity index (χ1v) is 14.8. The molecule has 1 aromatic heterocycles. The lowest BCUT2D eigenvalue weighted by Gasteiger charge is -2.22. The second-order valence-electron chi connectivity index (χ2n) is 10.0. The molecule has 0 aliphatic carbocycles. The van der Waals surface area contributed by atoms with Crippen LogP contribution < -0.4 is 29.7 Å². The molecule has 2 N–H and O–H groups in total. The molecule has 1 fully saturated rings. The number of nitrogens with zero attached hydrogens (tertiary/aromatic N) is 4. The molecule has 0 bridgehead atoms. The number of anilines is 3. The van der Waals surface area contributed by atoms with Gasteiger partial charge >= 0.3 is 5.88 Å². The summed E-state index contributed by atoms with van der Waals surface area (Å²) in [5.41, 5.74) is 1.96. The quantitative estimate of drug-likeness (QED) is 0.176. The third-order valence-corrected chi connectivity index (χ3v) is 7.46. The van der Waals surface area contributed by atoms with Gasteiger partial charge in [0.2, 0.25) is 11.2 Å². The highest BCUT2D eigenvalue weighted by atomic mass is 32.1. The van der Waals surface area contributed by atoms with Crippen molar-refractivity contribution in [2.75, 3.05) is 28.7 Å². The minimum Gasteiger partial charge on any atom is -0.494 e. The van der Waals surface area contributed by atoms with Gasteiger partial charge in [0.1, 0.15) is 24.1 Å². The molecule has 4 aromatic rings. The first-order valence-electron chi connectivity index (χ1n) is 14.4. The molecule has 1 aliphatic heterocycles. The molecule has 5 rings (SSSR count). The Bertz CT molecular complexity index is 1680. The first-order chi connectivity index (χ1) is 21.8. The highest BCUT2D eigenvalue weighted by molar-refractivity contribution is 7.80.